The Morgan fingerprint density at radius 3 is 2.61 bits per heavy atom. The van der Waals surface area contributed by atoms with Crippen molar-refractivity contribution in [3.8, 4) is 0 Å². The zero-order chi connectivity index (χ0) is 22.2. The fourth-order valence-electron chi connectivity index (χ4n) is 3.33. The molecule has 1 aliphatic rings. The molecule has 3 aromatic heterocycles. The SMILES string of the molecule is CC(NC(=O)c1cc2c(cn1)ncn2C1CN(C(=O)OC(C)(C)C)C1)c1cnccn1. The Morgan fingerprint density at radius 1 is 1.16 bits per heavy atom. The summed E-state index contributed by atoms with van der Waals surface area (Å²) in [5.41, 5.74) is 1.91. The van der Waals surface area contributed by atoms with Crippen LogP contribution in [-0.2, 0) is 4.74 Å². The molecule has 4 heterocycles. The number of carbonyl (C=O) groups is 2. The van der Waals surface area contributed by atoms with Crippen LogP contribution in [0.3, 0.4) is 0 Å². The van der Waals surface area contributed by atoms with Crippen LogP contribution in [0, 0.1) is 0 Å². The predicted molar refractivity (Wildman–Crippen MR) is 112 cm³/mol. The van der Waals surface area contributed by atoms with Crippen molar-refractivity contribution in [1.82, 2.24) is 34.7 Å². The fraction of sp³-hybridized carbons (Fsp3) is 0.429. The van der Waals surface area contributed by atoms with Crippen molar-refractivity contribution in [3.05, 3.63) is 48.6 Å². The maximum atomic E-state index is 12.7. The predicted octanol–water partition coefficient (Wildman–Crippen LogP) is 2.50. The summed E-state index contributed by atoms with van der Waals surface area (Å²) < 4.78 is 7.38. The van der Waals surface area contributed by atoms with Gasteiger partial charge in [-0.1, -0.05) is 0 Å². The number of hydrogen-bond acceptors (Lipinski definition) is 7. The highest BCUT2D eigenvalue weighted by Gasteiger charge is 2.35. The highest BCUT2D eigenvalue weighted by atomic mass is 16.6. The number of ether oxygens (including phenoxy) is 1. The number of rotatable bonds is 4. The van der Waals surface area contributed by atoms with Crippen molar-refractivity contribution in [1.29, 1.82) is 0 Å². The molecule has 10 nitrogen and oxygen atoms in total. The molecule has 0 saturated carbocycles. The number of carbonyl (C=O) groups excluding carboxylic acids is 2. The van der Waals surface area contributed by atoms with E-state index in [-0.39, 0.29) is 29.8 Å². The molecule has 4 rings (SSSR count). The highest BCUT2D eigenvalue weighted by Crippen LogP contribution is 2.27. The Hall–Kier alpha value is -3.56. The topological polar surface area (TPSA) is 115 Å². The van der Waals surface area contributed by atoms with E-state index in [0.29, 0.717) is 24.3 Å². The smallest absolute Gasteiger partial charge is 0.410 e. The van der Waals surface area contributed by atoms with E-state index in [0.717, 1.165) is 5.52 Å². The molecule has 1 atom stereocenters. The first-order chi connectivity index (χ1) is 14.7. The van der Waals surface area contributed by atoms with Crippen LogP contribution in [0.2, 0.25) is 0 Å². The van der Waals surface area contributed by atoms with Crippen molar-refractivity contribution in [2.75, 3.05) is 13.1 Å². The first-order valence-corrected chi connectivity index (χ1v) is 10.1. The first-order valence-electron chi connectivity index (χ1n) is 10.1. The van der Waals surface area contributed by atoms with Gasteiger partial charge in [0, 0.05) is 25.5 Å². The summed E-state index contributed by atoms with van der Waals surface area (Å²) in [7, 11) is 0. The van der Waals surface area contributed by atoms with Crippen molar-refractivity contribution in [2.24, 2.45) is 0 Å². The van der Waals surface area contributed by atoms with Gasteiger partial charge in [-0.05, 0) is 33.8 Å². The Morgan fingerprint density at radius 2 is 1.94 bits per heavy atom. The summed E-state index contributed by atoms with van der Waals surface area (Å²) in [5, 5.41) is 2.89. The number of fused-ring (bicyclic) bond motifs is 1. The van der Waals surface area contributed by atoms with E-state index in [4.69, 9.17) is 4.74 Å². The van der Waals surface area contributed by atoms with Crippen LogP contribution in [0.1, 0.15) is 56.0 Å². The third-order valence-corrected chi connectivity index (χ3v) is 4.98. The molecule has 0 aromatic carbocycles. The third-order valence-electron chi connectivity index (χ3n) is 4.98. The lowest BCUT2D eigenvalue weighted by Crippen LogP contribution is -2.52. The molecule has 0 aliphatic carbocycles. The Balaban J connectivity index is 1.46. The van der Waals surface area contributed by atoms with Gasteiger partial charge in [0.25, 0.3) is 5.91 Å². The van der Waals surface area contributed by atoms with Gasteiger partial charge in [-0.2, -0.15) is 0 Å². The summed E-state index contributed by atoms with van der Waals surface area (Å²) in [5.74, 6) is -0.309. The summed E-state index contributed by atoms with van der Waals surface area (Å²) in [6.07, 6.45) is 7.75. The number of nitrogens with one attached hydrogen (secondary N) is 1. The zero-order valence-corrected chi connectivity index (χ0v) is 17.9. The van der Waals surface area contributed by atoms with Crippen LogP contribution < -0.4 is 5.32 Å². The molecule has 162 valence electrons. The van der Waals surface area contributed by atoms with E-state index in [1.165, 1.54) is 0 Å². The highest BCUT2D eigenvalue weighted by molar-refractivity contribution is 5.95. The van der Waals surface area contributed by atoms with E-state index in [9.17, 15) is 9.59 Å². The number of pyridine rings is 1. The summed E-state index contributed by atoms with van der Waals surface area (Å²) in [6, 6.07) is 1.48. The van der Waals surface area contributed by atoms with Crippen LogP contribution in [0.4, 0.5) is 4.79 Å². The molecule has 3 aromatic rings. The van der Waals surface area contributed by atoms with Gasteiger partial charge < -0.3 is 19.5 Å². The van der Waals surface area contributed by atoms with Gasteiger partial charge >= 0.3 is 6.09 Å². The second kappa shape index (κ2) is 7.93. The molecule has 31 heavy (non-hydrogen) atoms. The molecule has 2 amide bonds. The molecule has 1 unspecified atom stereocenters. The second-order valence-electron chi connectivity index (χ2n) is 8.57. The lowest BCUT2D eigenvalue weighted by molar-refractivity contribution is 0.00150. The number of imidazole rings is 1. The summed E-state index contributed by atoms with van der Waals surface area (Å²) in [6.45, 7) is 8.41. The van der Waals surface area contributed by atoms with Crippen LogP contribution >= 0.6 is 0 Å². The lowest BCUT2D eigenvalue weighted by atomic mass is 10.1. The Kier molecular flexibility index (Phi) is 5.30. The third kappa shape index (κ3) is 4.47. The quantitative estimate of drug-likeness (QED) is 0.685. The first kappa shape index (κ1) is 20.7. The molecule has 1 saturated heterocycles. The van der Waals surface area contributed by atoms with Crippen molar-refractivity contribution >= 4 is 23.0 Å². The molecule has 1 aliphatic heterocycles. The number of amides is 2. The lowest BCUT2D eigenvalue weighted by Gasteiger charge is -2.40. The number of likely N-dealkylation sites (tertiary alicyclic amines) is 1. The minimum Gasteiger partial charge on any atom is -0.444 e. The average Bonchev–Trinajstić information content (AvgIpc) is 3.09. The van der Waals surface area contributed by atoms with Crippen LogP contribution in [-0.4, -0.2) is 60.1 Å². The van der Waals surface area contributed by atoms with Crippen LogP contribution in [0.15, 0.2) is 37.2 Å². The van der Waals surface area contributed by atoms with Crippen LogP contribution in [0.25, 0.3) is 11.0 Å². The molecule has 1 N–H and O–H groups in total. The number of aromatic nitrogens is 5. The number of hydrogen-bond donors (Lipinski definition) is 1. The normalized spacial score (nSPS) is 15.4. The minimum absolute atomic E-state index is 0.0642. The molecular weight excluding hydrogens is 398 g/mol. The average molecular weight is 423 g/mol. The maximum Gasteiger partial charge on any atom is 0.410 e. The Bertz CT molecular complexity index is 1100. The molecule has 10 heteroatoms. The van der Waals surface area contributed by atoms with Gasteiger partial charge in [-0.15, -0.1) is 0 Å². The molecule has 0 spiro atoms. The standard InChI is InChI=1S/C21H25N7O3/c1-13(16-8-22-5-6-23-16)26-19(29)15-7-18-17(9-24-15)25-12-28(18)14-10-27(11-14)20(30)31-21(2,3)4/h5-9,12-14H,10-11H2,1-4H3,(H,26,29). The van der Waals surface area contributed by atoms with Gasteiger partial charge in [0.2, 0.25) is 0 Å². The van der Waals surface area contributed by atoms with E-state index >= 15 is 0 Å². The molecular formula is C21H25N7O3. The van der Waals surface area contributed by atoms with E-state index in [1.807, 2.05) is 32.3 Å². The Labute approximate surface area is 179 Å². The van der Waals surface area contributed by atoms with Gasteiger partial charge in [-0.25, -0.2) is 14.8 Å². The fourth-order valence-corrected chi connectivity index (χ4v) is 3.33. The van der Waals surface area contributed by atoms with E-state index < -0.39 is 5.60 Å². The van der Waals surface area contributed by atoms with Gasteiger partial charge in [0.15, 0.2) is 0 Å². The van der Waals surface area contributed by atoms with Crippen LogP contribution in [0.5, 0.6) is 0 Å². The van der Waals surface area contributed by atoms with Crippen molar-refractivity contribution in [3.63, 3.8) is 0 Å². The minimum atomic E-state index is -0.528. The van der Waals surface area contributed by atoms with Gasteiger partial charge in [0.05, 0.1) is 42.0 Å². The second-order valence-corrected chi connectivity index (χ2v) is 8.57. The molecule has 0 bridgehead atoms. The van der Waals surface area contributed by atoms with Gasteiger partial charge in [0.1, 0.15) is 16.8 Å². The van der Waals surface area contributed by atoms with Crippen molar-refractivity contribution in [2.45, 2.75) is 45.4 Å². The maximum absolute atomic E-state index is 12.7. The monoisotopic (exact) mass is 423 g/mol. The van der Waals surface area contributed by atoms with E-state index in [1.54, 1.807) is 42.1 Å². The number of nitrogens with zero attached hydrogens (tertiary/aromatic N) is 6. The zero-order valence-electron chi connectivity index (χ0n) is 17.9. The summed E-state index contributed by atoms with van der Waals surface area (Å²) >= 11 is 0. The molecule has 0 radical (unpaired) electrons. The summed E-state index contributed by atoms with van der Waals surface area (Å²) in [4.78, 5) is 43.4. The molecule has 1 fully saturated rings. The van der Waals surface area contributed by atoms with Gasteiger partial charge in [-0.3, -0.25) is 14.8 Å². The van der Waals surface area contributed by atoms with Crippen molar-refractivity contribution < 1.29 is 14.3 Å². The van der Waals surface area contributed by atoms with E-state index in [2.05, 4.69) is 25.3 Å². The largest absolute Gasteiger partial charge is 0.444 e.